The summed E-state index contributed by atoms with van der Waals surface area (Å²) in [6, 6.07) is 7.06. The molecule has 0 fully saturated rings. The first-order valence-corrected chi connectivity index (χ1v) is 14.8. The third-order valence-corrected chi connectivity index (χ3v) is 7.10. The maximum atomic E-state index is 12.6. The van der Waals surface area contributed by atoms with Gasteiger partial charge in [0.15, 0.2) is 24.7 Å². The Labute approximate surface area is 269 Å². The lowest BCUT2D eigenvalue weighted by atomic mass is 9.95. The third kappa shape index (κ3) is 9.31. The van der Waals surface area contributed by atoms with Gasteiger partial charge >= 0.3 is 18.0 Å². The van der Waals surface area contributed by atoms with Gasteiger partial charge in [0.25, 0.3) is 5.91 Å². The van der Waals surface area contributed by atoms with E-state index in [1.165, 1.54) is 13.3 Å². The van der Waals surface area contributed by atoms with Crippen LogP contribution in [0.1, 0.15) is 37.9 Å². The average molecular weight is 773 g/mol. The van der Waals surface area contributed by atoms with E-state index in [1.54, 1.807) is 51.1 Å². The number of nitrogens with one attached hydrogen (secondary N) is 3. The fourth-order valence-corrected chi connectivity index (χ4v) is 5.66. The number of hydrazone groups is 1. The molecule has 3 N–H and O–H groups in total. The number of rotatable bonds is 13. The molecule has 0 unspecified atom stereocenters. The van der Waals surface area contributed by atoms with Crippen LogP contribution in [0.5, 0.6) is 17.2 Å². The fourth-order valence-electron chi connectivity index (χ4n) is 3.89. The monoisotopic (exact) mass is 772 g/mol. The Hall–Kier alpha value is -3.86. The van der Waals surface area contributed by atoms with Gasteiger partial charge in [0.2, 0.25) is 0 Å². The zero-order valence-corrected chi connectivity index (χ0v) is 27.5. The first kappa shape index (κ1) is 33.6. The summed E-state index contributed by atoms with van der Waals surface area (Å²) in [4.78, 5) is 48.7. The summed E-state index contributed by atoms with van der Waals surface area (Å²) in [5.74, 6) is -0.532. The van der Waals surface area contributed by atoms with Crippen molar-refractivity contribution in [3.8, 4) is 17.2 Å². The third-order valence-electron chi connectivity index (χ3n) is 5.71. The van der Waals surface area contributed by atoms with Gasteiger partial charge in [-0.25, -0.2) is 19.8 Å². The molecule has 15 heteroatoms. The number of carbonyl (C=O) groups is 4. The lowest BCUT2D eigenvalue weighted by Gasteiger charge is -2.28. The molecule has 3 amide bonds. The molecule has 1 atom stereocenters. The Morgan fingerprint density at radius 1 is 1.07 bits per heavy atom. The second-order valence-corrected chi connectivity index (χ2v) is 10.7. The molecule has 2 aromatic carbocycles. The topological polar surface area (TPSA) is 163 Å². The summed E-state index contributed by atoms with van der Waals surface area (Å²) in [6.45, 7) is 4.87. The number of carbonyl (C=O) groups excluding carboxylic acids is 4. The smallest absolute Gasteiger partial charge is 0.344 e. The SMILES string of the molecule is CCOC(=O)COc1c(Br)cc(/C=N\NC(=O)COc2ccc([C@H]3NC(=O)NC(C)=C3C(=O)OCC)cc2OC)cc1I. The van der Waals surface area contributed by atoms with Crippen molar-refractivity contribution in [3.05, 3.63) is 60.8 Å². The molecular weight excluding hydrogens is 743 g/mol. The zero-order valence-electron chi connectivity index (χ0n) is 23.7. The van der Waals surface area contributed by atoms with Crippen LogP contribution >= 0.6 is 38.5 Å². The number of nitrogens with zero attached hydrogens (tertiary/aromatic N) is 1. The summed E-state index contributed by atoms with van der Waals surface area (Å²) in [7, 11) is 1.43. The largest absolute Gasteiger partial charge is 0.493 e. The average Bonchev–Trinajstić information content (AvgIpc) is 2.95. The predicted molar refractivity (Wildman–Crippen MR) is 167 cm³/mol. The van der Waals surface area contributed by atoms with E-state index in [0.717, 1.165) is 0 Å². The number of hydrogen-bond donors (Lipinski definition) is 3. The predicted octanol–water partition coefficient (Wildman–Crippen LogP) is 3.72. The van der Waals surface area contributed by atoms with Crippen molar-refractivity contribution in [1.82, 2.24) is 16.1 Å². The van der Waals surface area contributed by atoms with E-state index >= 15 is 0 Å². The van der Waals surface area contributed by atoms with Crippen LogP contribution in [0.2, 0.25) is 0 Å². The van der Waals surface area contributed by atoms with Gasteiger partial charge in [0.1, 0.15) is 5.75 Å². The number of methoxy groups -OCH3 is 1. The van der Waals surface area contributed by atoms with Crippen molar-refractivity contribution in [1.29, 1.82) is 0 Å². The highest BCUT2D eigenvalue weighted by molar-refractivity contribution is 14.1. The Morgan fingerprint density at radius 2 is 1.81 bits per heavy atom. The number of urea groups is 1. The number of hydrogen-bond acceptors (Lipinski definition) is 10. The van der Waals surface area contributed by atoms with Gasteiger partial charge in [-0.15, -0.1) is 0 Å². The van der Waals surface area contributed by atoms with Crippen LogP contribution in [0, 0.1) is 3.57 Å². The van der Waals surface area contributed by atoms with Gasteiger partial charge in [-0.3, -0.25) is 4.79 Å². The summed E-state index contributed by atoms with van der Waals surface area (Å²) in [5, 5.41) is 9.27. The van der Waals surface area contributed by atoms with Crippen molar-refractivity contribution >= 4 is 68.6 Å². The van der Waals surface area contributed by atoms with Crippen molar-refractivity contribution in [2.75, 3.05) is 33.5 Å². The van der Waals surface area contributed by atoms with Crippen molar-refractivity contribution in [3.63, 3.8) is 0 Å². The number of halogens is 2. The lowest BCUT2D eigenvalue weighted by Crippen LogP contribution is -2.45. The number of esters is 2. The van der Waals surface area contributed by atoms with Crippen LogP contribution in [-0.2, 0) is 23.9 Å². The van der Waals surface area contributed by atoms with Crippen LogP contribution in [0.3, 0.4) is 0 Å². The zero-order chi connectivity index (χ0) is 31.5. The second-order valence-electron chi connectivity index (χ2n) is 8.69. The summed E-state index contributed by atoms with van der Waals surface area (Å²) in [6.07, 6.45) is 1.44. The fraction of sp³-hybridized carbons (Fsp3) is 0.321. The summed E-state index contributed by atoms with van der Waals surface area (Å²) >= 11 is 5.47. The standard InChI is InChI=1S/C28H30BrIN4O9/c1-5-40-23(36)14-43-26-18(29)9-16(10-19(26)30)12-31-34-22(35)13-42-20-8-7-17(11-21(20)39-4)25-24(27(37)41-6-2)15(3)32-28(38)33-25/h7-12,25H,5-6,13-14H2,1-4H3,(H,34,35)(H2,32,33,38)/b31-12-/t25-/m1/s1. The first-order chi connectivity index (χ1) is 20.6. The van der Waals surface area contributed by atoms with E-state index in [4.69, 9.17) is 23.7 Å². The van der Waals surface area contributed by atoms with Crippen LogP contribution in [0.25, 0.3) is 0 Å². The number of benzene rings is 2. The highest BCUT2D eigenvalue weighted by Gasteiger charge is 2.32. The molecule has 3 rings (SSSR count). The number of ether oxygens (including phenoxy) is 5. The van der Waals surface area contributed by atoms with E-state index in [1.807, 2.05) is 0 Å². The molecule has 1 aliphatic heterocycles. The molecule has 13 nitrogen and oxygen atoms in total. The summed E-state index contributed by atoms with van der Waals surface area (Å²) in [5.41, 5.74) is 4.24. The number of amides is 3. The second kappa shape index (κ2) is 16.1. The van der Waals surface area contributed by atoms with Gasteiger partial charge < -0.3 is 34.3 Å². The highest BCUT2D eigenvalue weighted by atomic mass is 127. The van der Waals surface area contributed by atoms with E-state index in [0.29, 0.717) is 30.6 Å². The molecule has 43 heavy (non-hydrogen) atoms. The molecule has 1 aliphatic rings. The van der Waals surface area contributed by atoms with Crippen LogP contribution in [0.15, 0.2) is 51.2 Å². The Kier molecular flexibility index (Phi) is 12.6. The minimum absolute atomic E-state index is 0.176. The van der Waals surface area contributed by atoms with E-state index in [-0.39, 0.29) is 43.5 Å². The van der Waals surface area contributed by atoms with Crippen molar-refractivity contribution in [2.45, 2.75) is 26.8 Å². The molecule has 0 aromatic heterocycles. The van der Waals surface area contributed by atoms with Gasteiger partial charge in [0, 0.05) is 5.70 Å². The maximum absolute atomic E-state index is 12.6. The lowest BCUT2D eigenvalue weighted by molar-refractivity contribution is -0.145. The minimum atomic E-state index is -0.783. The maximum Gasteiger partial charge on any atom is 0.344 e. The molecular formula is C28H30BrIN4O9. The van der Waals surface area contributed by atoms with Crippen LogP contribution in [0.4, 0.5) is 4.79 Å². The van der Waals surface area contributed by atoms with E-state index in [2.05, 4.69) is 59.7 Å². The Bertz CT molecular complexity index is 1420. The molecule has 0 spiro atoms. The van der Waals surface area contributed by atoms with Gasteiger partial charge in [0.05, 0.1) is 46.2 Å². The molecule has 1 heterocycles. The molecule has 0 saturated heterocycles. The quantitative estimate of drug-likeness (QED) is 0.119. The van der Waals surface area contributed by atoms with Gasteiger partial charge in [-0.2, -0.15) is 5.10 Å². The van der Waals surface area contributed by atoms with Crippen LogP contribution in [-0.4, -0.2) is 63.6 Å². The molecule has 0 saturated carbocycles. The molecule has 0 radical (unpaired) electrons. The van der Waals surface area contributed by atoms with Gasteiger partial charge in [-0.05, 0) is 94.7 Å². The minimum Gasteiger partial charge on any atom is -0.493 e. The first-order valence-electron chi connectivity index (χ1n) is 12.9. The Balaban J connectivity index is 1.62. The van der Waals surface area contributed by atoms with Crippen LogP contribution < -0.4 is 30.3 Å². The number of allylic oxidation sites excluding steroid dienone is 1. The van der Waals surface area contributed by atoms with Gasteiger partial charge in [-0.1, -0.05) is 6.07 Å². The van der Waals surface area contributed by atoms with Crippen molar-refractivity contribution < 1.29 is 42.9 Å². The highest BCUT2D eigenvalue weighted by Crippen LogP contribution is 2.35. The Morgan fingerprint density at radius 3 is 2.49 bits per heavy atom. The normalized spacial score (nSPS) is 14.5. The molecule has 0 bridgehead atoms. The molecule has 230 valence electrons. The van der Waals surface area contributed by atoms with E-state index in [9.17, 15) is 19.2 Å². The van der Waals surface area contributed by atoms with E-state index < -0.39 is 29.9 Å². The molecule has 0 aliphatic carbocycles. The van der Waals surface area contributed by atoms with Crippen molar-refractivity contribution in [2.24, 2.45) is 5.10 Å². The summed E-state index contributed by atoms with van der Waals surface area (Å²) < 4.78 is 27.9. The molecule has 2 aromatic rings.